The fourth-order valence-electron chi connectivity index (χ4n) is 7.74. The van der Waals surface area contributed by atoms with Gasteiger partial charge in [-0.05, 0) is 91.3 Å². The minimum atomic E-state index is -0.570. The zero-order valence-corrected chi connectivity index (χ0v) is 27.6. The smallest absolute Gasteiger partial charge is 0.124 e. The monoisotopic (exact) mass is 656 g/mol. The topological polar surface area (TPSA) is 65.2 Å². The number of phenols is 2. The van der Waals surface area contributed by atoms with Gasteiger partial charge in [0.1, 0.15) is 11.5 Å². The van der Waals surface area contributed by atoms with Crippen molar-refractivity contribution >= 4 is 45.3 Å². The van der Waals surface area contributed by atoms with Crippen LogP contribution in [-0.2, 0) is 5.41 Å². The van der Waals surface area contributed by atoms with Gasteiger partial charge < -0.3 is 10.2 Å². The average Bonchev–Trinajstić information content (AvgIpc) is 3.49. The summed E-state index contributed by atoms with van der Waals surface area (Å²) in [5.41, 5.74) is 9.55. The first-order valence-corrected chi connectivity index (χ1v) is 17.0. The minimum Gasteiger partial charge on any atom is -0.507 e. The number of phenolic OH excluding ortho intramolecular Hbond substituents is 2. The van der Waals surface area contributed by atoms with E-state index in [1.165, 1.54) is 22.3 Å². The zero-order chi connectivity index (χ0) is 34.4. The maximum atomic E-state index is 10.7. The second-order valence-electron chi connectivity index (χ2n) is 12.9. The van der Waals surface area contributed by atoms with E-state index in [2.05, 4.69) is 97.1 Å². The van der Waals surface area contributed by atoms with Gasteiger partial charge in [0.05, 0.1) is 16.8 Å². The molecule has 51 heavy (non-hydrogen) atoms. The van der Waals surface area contributed by atoms with Crippen LogP contribution in [0.4, 0.5) is 11.4 Å². The Morgan fingerprint density at radius 2 is 0.784 bits per heavy atom. The first-order chi connectivity index (χ1) is 25.1. The van der Waals surface area contributed by atoms with Crippen molar-refractivity contribution in [2.45, 2.75) is 5.41 Å². The summed E-state index contributed by atoms with van der Waals surface area (Å²) < 4.78 is 0. The molecule has 0 saturated carbocycles. The molecule has 1 aliphatic carbocycles. The van der Waals surface area contributed by atoms with Gasteiger partial charge in [0.15, 0.2) is 0 Å². The van der Waals surface area contributed by atoms with Crippen LogP contribution in [0.15, 0.2) is 180 Å². The van der Waals surface area contributed by atoms with E-state index in [1.54, 1.807) is 24.6 Å². The van der Waals surface area contributed by atoms with Crippen molar-refractivity contribution in [2.75, 3.05) is 0 Å². The molecule has 0 saturated heterocycles. The van der Waals surface area contributed by atoms with Gasteiger partial charge >= 0.3 is 0 Å². The van der Waals surface area contributed by atoms with Crippen molar-refractivity contribution in [1.82, 2.24) is 0 Å². The Bertz CT molecular complexity index is 2470. The fourth-order valence-corrected chi connectivity index (χ4v) is 7.74. The molecule has 0 spiro atoms. The van der Waals surface area contributed by atoms with E-state index in [4.69, 9.17) is 9.98 Å². The standard InChI is InChI=1S/C47H32N2O2/c50-45-27-17-31-9-1-3-11-37(31)41(45)29-48-35-23-19-33(20-24-35)47(43-15-7-5-13-39(43)40-14-6-8-16-44(40)47)34-21-25-36(26-22-34)49-30-42-38-12-4-2-10-32(38)18-28-46(42)51/h1-30,50-51H. The van der Waals surface area contributed by atoms with Crippen molar-refractivity contribution in [2.24, 2.45) is 9.98 Å². The second kappa shape index (κ2) is 12.3. The van der Waals surface area contributed by atoms with E-state index in [1.807, 2.05) is 60.7 Å². The van der Waals surface area contributed by atoms with Crippen LogP contribution in [0.5, 0.6) is 11.5 Å². The maximum Gasteiger partial charge on any atom is 0.124 e. The molecular formula is C47H32N2O2. The fraction of sp³-hybridized carbons (Fsp3) is 0.0213. The molecule has 0 atom stereocenters. The first-order valence-electron chi connectivity index (χ1n) is 17.0. The van der Waals surface area contributed by atoms with Crippen LogP contribution >= 0.6 is 0 Å². The zero-order valence-electron chi connectivity index (χ0n) is 27.6. The van der Waals surface area contributed by atoms with E-state index < -0.39 is 5.41 Å². The van der Waals surface area contributed by atoms with Gasteiger partial charge in [0.2, 0.25) is 0 Å². The van der Waals surface area contributed by atoms with Crippen molar-refractivity contribution in [3.05, 3.63) is 203 Å². The number of hydrogen-bond acceptors (Lipinski definition) is 4. The number of rotatable bonds is 6. The molecule has 8 aromatic rings. The summed E-state index contributed by atoms with van der Waals surface area (Å²) >= 11 is 0. The molecular weight excluding hydrogens is 625 g/mol. The summed E-state index contributed by atoms with van der Waals surface area (Å²) in [6, 6.07) is 57.5. The Morgan fingerprint density at radius 1 is 0.392 bits per heavy atom. The molecule has 242 valence electrons. The number of aliphatic imine (C=N–C) groups is 2. The molecule has 0 amide bonds. The van der Waals surface area contributed by atoms with Crippen LogP contribution in [0.25, 0.3) is 32.7 Å². The third-order valence-electron chi connectivity index (χ3n) is 10.1. The van der Waals surface area contributed by atoms with Crippen molar-refractivity contribution in [3.63, 3.8) is 0 Å². The van der Waals surface area contributed by atoms with Gasteiger partial charge in [-0.1, -0.05) is 133 Å². The SMILES string of the molecule is Oc1ccc2ccccc2c1C=Nc1ccc(C2(c3ccc(N=Cc4c(O)ccc5ccccc45)cc3)c3ccccc3-c3ccccc32)cc1. The summed E-state index contributed by atoms with van der Waals surface area (Å²) in [5.74, 6) is 0.405. The first kappa shape index (κ1) is 30.3. The number of aromatic hydroxyl groups is 2. The maximum absolute atomic E-state index is 10.7. The molecule has 9 rings (SSSR count). The van der Waals surface area contributed by atoms with Crippen LogP contribution in [0.1, 0.15) is 33.4 Å². The number of benzene rings is 8. The lowest BCUT2D eigenvalue weighted by atomic mass is 9.67. The number of hydrogen-bond donors (Lipinski definition) is 2. The molecule has 2 N–H and O–H groups in total. The lowest BCUT2D eigenvalue weighted by Crippen LogP contribution is -2.28. The molecule has 0 bridgehead atoms. The van der Waals surface area contributed by atoms with E-state index in [0.717, 1.165) is 44.0 Å². The normalized spacial score (nSPS) is 13.3. The van der Waals surface area contributed by atoms with Gasteiger partial charge in [0.25, 0.3) is 0 Å². The van der Waals surface area contributed by atoms with E-state index in [0.29, 0.717) is 11.1 Å². The highest BCUT2D eigenvalue weighted by atomic mass is 16.3. The molecule has 4 nitrogen and oxygen atoms in total. The third kappa shape index (κ3) is 5.00. The van der Waals surface area contributed by atoms with Crippen LogP contribution in [0, 0.1) is 0 Å². The third-order valence-corrected chi connectivity index (χ3v) is 10.1. The predicted octanol–water partition coefficient (Wildman–Crippen LogP) is 11.3. The van der Waals surface area contributed by atoms with Gasteiger partial charge in [-0.15, -0.1) is 0 Å². The molecule has 8 aromatic carbocycles. The Balaban J connectivity index is 1.13. The summed E-state index contributed by atoms with van der Waals surface area (Å²) in [4.78, 5) is 9.61. The molecule has 4 heteroatoms. The summed E-state index contributed by atoms with van der Waals surface area (Å²) in [6.07, 6.45) is 3.50. The molecule has 0 aliphatic heterocycles. The Morgan fingerprint density at radius 3 is 1.24 bits per heavy atom. The summed E-state index contributed by atoms with van der Waals surface area (Å²) in [5, 5.41) is 25.4. The Kier molecular flexibility index (Phi) is 7.29. The van der Waals surface area contributed by atoms with E-state index in [-0.39, 0.29) is 11.5 Å². The van der Waals surface area contributed by atoms with Crippen LogP contribution < -0.4 is 0 Å². The quantitative estimate of drug-likeness (QED) is 0.175. The molecule has 0 radical (unpaired) electrons. The van der Waals surface area contributed by atoms with E-state index >= 15 is 0 Å². The summed E-state index contributed by atoms with van der Waals surface area (Å²) in [6.45, 7) is 0. The molecule has 0 heterocycles. The Labute approximate surface area is 296 Å². The molecule has 0 aromatic heterocycles. The van der Waals surface area contributed by atoms with Gasteiger partial charge in [-0.25, -0.2) is 0 Å². The van der Waals surface area contributed by atoms with Crippen molar-refractivity contribution in [3.8, 4) is 22.6 Å². The van der Waals surface area contributed by atoms with Crippen LogP contribution in [0.3, 0.4) is 0 Å². The minimum absolute atomic E-state index is 0.203. The number of nitrogens with zero attached hydrogens (tertiary/aromatic N) is 2. The lowest BCUT2D eigenvalue weighted by Gasteiger charge is -2.34. The Hall–Kier alpha value is -6.78. The second-order valence-corrected chi connectivity index (χ2v) is 12.9. The van der Waals surface area contributed by atoms with Crippen LogP contribution in [-0.4, -0.2) is 22.6 Å². The number of fused-ring (bicyclic) bond motifs is 5. The average molecular weight is 657 g/mol. The lowest BCUT2D eigenvalue weighted by molar-refractivity contribution is 0.475. The van der Waals surface area contributed by atoms with Gasteiger partial charge in [-0.2, -0.15) is 0 Å². The van der Waals surface area contributed by atoms with E-state index in [9.17, 15) is 10.2 Å². The van der Waals surface area contributed by atoms with Crippen molar-refractivity contribution < 1.29 is 10.2 Å². The molecule has 0 unspecified atom stereocenters. The highest BCUT2D eigenvalue weighted by molar-refractivity contribution is 6.04. The van der Waals surface area contributed by atoms with Gasteiger partial charge in [-0.3, -0.25) is 9.98 Å². The predicted molar refractivity (Wildman–Crippen MR) is 209 cm³/mol. The highest BCUT2D eigenvalue weighted by Crippen LogP contribution is 2.56. The van der Waals surface area contributed by atoms with Gasteiger partial charge in [0, 0.05) is 23.6 Å². The largest absolute Gasteiger partial charge is 0.507 e. The molecule has 0 fully saturated rings. The van der Waals surface area contributed by atoms with Crippen molar-refractivity contribution in [1.29, 1.82) is 0 Å². The highest BCUT2D eigenvalue weighted by Gasteiger charge is 2.45. The summed E-state index contributed by atoms with van der Waals surface area (Å²) in [7, 11) is 0. The van der Waals surface area contributed by atoms with Crippen LogP contribution in [0.2, 0.25) is 0 Å². The molecule has 1 aliphatic rings.